The van der Waals surface area contributed by atoms with Gasteiger partial charge in [-0.1, -0.05) is 18.2 Å². The lowest BCUT2D eigenvalue weighted by atomic mass is 10.2. The lowest BCUT2D eigenvalue weighted by molar-refractivity contribution is -0.136. The zero-order chi connectivity index (χ0) is 18.1. The molecule has 0 heterocycles. The lowest BCUT2D eigenvalue weighted by Crippen LogP contribution is -2.18. The van der Waals surface area contributed by atoms with Gasteiger partial charge in [-0.2, -0.15) is 0 Å². The Morgan fingerprint density at radius 3 is 2.48 bits per heavy atom. The molecule has 0 aliphatic rings. The van der Waals surface area contributed by atoms with E-state index in [2.05, 4.69) is 0 Å². The fourth-order valence-corrected chi connectivity index (χ4v) is 2.00. The molecule has 25 heavy (non-hydrogen) atoms. The van der Waals surface area contributed by atoms with Crippen LogP contribution < -0.4 is 9.47 Å². The molecule has 0 radical (unpaired) electrons. The molecule has 6 heteroatoms. The lowest BCUT2D eigenvalue weighted by Gasteiger charge is -2.08. The van der Waals surface area contributed by atoms with Gasteiger partial charge in [0, 0.05) is 7.11 Å². The number of methoxy groups -OCH3 is 1. The van der Waals surface area contributed by atoms with E-state index in [1.807, 2.05) is 25.1 Å². The molecule has 0 saturated heterocycles. The third-order valence-electron chi connectivity index (χ3n) is 3.17. The van der Waals surface area contributed by atoms with Gasteiger partial charge in [0.05, 0.1) is 12.2 Å². The Hall–Kier alpha value is -2.86. The first-order valence-corrected chi connectivity index (χ1v) is 7.75. The Labute approximate surface area is 146 Å². The van der Waals surface area contributed by atoms with E-state index in [1.54, 1.807) is 24.3 Å². The third-order valence-corrected chi connectivity index (χ3v) is 3.17. The minimum atomic E-state index is -0.564. The highest BCUT2D eigenvalue weighted by Crippen LogP contribution is 2.16. The Balaban J connectivity index is 1.88. The van der Waals surface area contributed by atoms with E-state index in [4.69, 9.17) is 18.9 Å². The van der Waals surface area contributed by atoms with Crippen molar-refractivity contribution in [2.75, 3.05) is 26.9 Å². The van der Waals surface area contributed by atoms with Crippen LogP contribution >= 0.6 is 0 Å². The second-order valence-electron chi connectivity index (χ2n) is 5.24. The molecule has 132 valence electrons. The second-order valence-corrected chi connectivity index (χ2v) is 5.24. The van der Waals surface area contributed by atoms with Crippen molar-refractivity contribution in [3.8, 4) is 11.5 Å². The van der Waals surface area contributed by atoms with E-state index in [0.29, 0.717) is 17.9 Å². The van der Waals surface area contributed by atoms with Crippen LogP contribution in [0, 0.1) is 6.92 Å². The number of esters is 2. The van der Waals surface area contributed by atoms with Gasteiger partial charge in [0.15, 0.2) is 6.61 Å². The zero-order valence-corrected chi connectivity index (χ0v) is 14.2. The fraction of sp³-hybridized carbons (Fsp3) is 0.263. The molecule has 0 aromatic heterocycles. The summed E-state index contributed by atoms with van der Waals surface area (Å²) in [4.78, 5) is 23.7. The van der Waals surface area contributed by atoms with Gasteiger partial charge in [0.2, 0.25) is 0 Å². The molecule has 0 fully saturated rings. The Morgan fingerprint density at radius 1 is 0.960 bits per heavy atom. The fourth-order valence-electron chi connectivity index (χ4n) is 2.00. The van der Waals surface area contributed by atoms with Gasteiger partial charge in [-0.05, 0) is 42.8 Å². The number of aryl methyl sites for hydroxylation is 1. The Kier molecular flexibility index (Phi) is 6.98. The molecule has 0 saturated carbocycles. The summed E-state index contributed by atoms with van der Waals surface area (Å²) in [5.74, 6) is -0.233. The van der Waals surface area contributed by atoms with Gasteiger partial charge < -0.3 is 18.9 Å². The highest BCUT2D eigenvalue weighted by molar-refractivity contribution is 5.90. The predicted molar refractivity (Wildman–Crippen MR) is 90.9 cm³/mol. The number of hydrogen-bond acceptors (Lipinski definition) is 6. The molecular weight excluding hydrogens is 324 g/mol. The standard InChI is InChI=1S/C19H20O6/c1-14-5-3-7-16(11-14)24-13-18(20)25-17-8-4-6-15(12-17)19(21)23-10-9-22-2/h3-8,11-12H,9-10,13H2,1-2H3. The van der Waals surface area contributed by atoms with Crippen molar-refractivity contribution in [3.63, 3.8) is 0 Å². The molecule has 2 aromatic rings. The van der Waals surface area contributed by atoms with Crippen molar-refractivity contribution < 1.29 is 28.5 Å². The van der Waals surface area contributed by atoms with Gasteiger partial charge in [0.1, 0.15) is 18.1 Å². The number of ether oxygens (including phenoxy) is 4. The second kappa shape index (κ2) is 9.44. The zero-order valence-electron chi connectivity index (χ0n) is 14.2. The van der Waals surface area contributed by atoms with E-state index in [0.717, 1.165) is 5.56 Å². The van der Waals surface area contributed by atoms with Gasteiger partial charge in [-0.25, -0.2) is 9.59 Å². The van der Waals surface area contributed by atoms with Crippen molar-refractivity contribution in [1.29, 1.82) is 0 Å². The van der Waals surface area contributed by atoms with Crippen LogP contribution in [0.5, 0.6) is 11.5 Å². The summed E-state index contributed by atoms with van der Waals surface area (Å²) in [6.07, 6.45) is 0. The topological polar surface area (TPSA) is 71.1 Å². The smallest absolute Gasteiger partial charge is 0.349 e. The summed E-state index contributed by atoms with van der Waals surface area (Å²) in [5, 5.41) is 0. The van der Waals surface area contributed by atoms with Crippen LogP contribution in [-0.2, 0) is 14.3 Å². The van der Waals surface area contributed by atoms with Crippen molar-refractivity contribution in [1.82, 2.24) is 0 Å². The third kappa shape index (κ3) is 6.27. The van der Waals surface area contributed by atoms with E-state index in [9.17, 15) is 9.59 Å². The SMILES string of the molecule is COCCOC(=O)c1cccc(OC(=O)COc2cccc(C)c2)c1. The average molecular weight is 344 g/mol. The normalized spacial score (nSPS) is 10.2. The van der Waals surface area contributed by atoms with Crippen LogP contribution in [0.15, 0.2) is 48.5 Å². The Morgan fingerprint density at radius 2 is 1.72 bits per heavy atom. The summed E-state index contributed by atoms with van der Waals surface area (Å²) >= 11 is 0. The monoisotopic (exact) mass is 344 g/mol. The quantitative estimate of drug-likeness (QED) is 0.417. The van der Waals surface area contributed by atoms with E-state index in [-0.39, 0.29) is 19.0 Å². The molecular formula is C19H20O6. The summed E-state index contributed by atoms with van der Waals surface area (Å²) in [6, 6.07) is 13.6. The van der Waals surface area contributed by atoms with Crippen LogP contribution in [0.3, 0.4) is 0 Å². The Bertz CT molecular complexity index is 725. The largest absolute Gasteiger partial charge is 0.482 e. The molecule has 0 N–H and O–H groups in total. The summed E-state index contributed by atoms with van der Waals surface area (Å²) in [7, 11) is 1.52. The van der Waals surface area contributed by atoms with Crippen LogP contribution in [-0.4, -0.2) is 38.9 Å². The van der Waals surface area contributed by atoms with Gasteiger partial charge in [-0.3, -0.25) is 0 Å². The average Bonchev–Trinajstić information content (AvgIpc) is 2.60. The molecule has 0 aliphatic carbocycles. The maximum Gasteiger partial charge on any atom is 0.349 e. The molecule has 6 nitrogen and oxygen atoms in total. The summed E-state index contributed by atoms with van der Waals surface area (Å²) in [5.41, 5.74) is 1.33. The minimum Gasteiger partial charge on any atom is -0.482 e. The van der Waals surface area contributed by atoms with Gasteiger partial charge in [-0.15, -0.1) is 0 Å². The van der Waals surface area contributed by atoms with Gasteiger partial charge in [0.25, 0.3) is 0 Å². The van der Waals surface area contributed by atoms with Gasteiger partial charge >= 0.3 is 11.9 Å². The van der Waals surface area contributed by atoms with Crippen LogP contribution in [0.25, 0.3) is 0 Å². The van der Waals surface area contributed by atoms with E-state index < -0.39 is 11.9 Å². The van der Waals surface area contributed by atoms with Crippen LogP contribution in [0.1, 0.15) is 15.9 Å². The van der Waals surface area contributed by atoms with Crippen molar-refractivity contribution in [2.45, 2.75) is 6.92 Å². The highest BCUT2D eigenvalue weighted by atomic mass is 16.6. The number of carbonyl (C=O) groups excluding carboxylic acids is 2. The number of benzene rings is 2. The van der Waals surface area contributed by atoms with Crippen LogP contribution in [0.2, 0.25) is 0 Å². The molecule has 0 unspecified atom stereocenters. The number of hydrogen-bond donors (Lipinski definition) is 0. The van der Waals surface area contributed by atoms with E-state index >= 15 is 0 Å². The van der Waals surface area contributed by atoms with Crippen molar-refractivity contribution in [2.24, 2.45) is 0 Å². The number of rotatable bonds is 8. The highest BCUT2D eigenvalue weighted by Gasteiger charge is 2.11. The first-order valence-electron chi connectivity index (χ1n) is 7.75. The maximum absolute atomic E-state index is 11.9. The van der Waals surface area contributed by atoms with Crippen LogP contribution in [0.4, 0.5) is 0 Å². The summed E-state index contributed by atoms with van der Waals surface area (Å²) in [6.45, 7) is 2.18. The number of carbonyl (C=O) groups is 2. The maximum atomic E-state index is 11.9. The molecule has 0 amide bonds. The first-order chi connectivity index (χ1) is 12.1. The molecule has 0 spiro atoms. The van der Waals surface area contributed by atoms with Crippen molar-refractivity contribution >= 4 is 11.9 Å². The molecule has 0 aliphatic heterocycles. The molecule has 2 aromatic carbocycles. The first kappa shape index (κ1) is 18.5. The summed E-state index contributed by atoms with van der Waals surface area (Å²) < 4.78 is 20.4. The predicted octanol–water partition coefficient (Wildman–Crippen LogP) is 2.78. The van der Waals surface area contributed by atoms with Crippen molar-refractivity contribution in [3.05, 3.63) is 59.7 Å². The minimum absolute atomic E-state index is 0.156. The van der Waals surface area contributed by atoms with E-state index in [1.165, 1.54) is 13.2 Å². The molecule has 0 bridgehead atoms. The molecule has 0 atom stereocenters. The molecule has 2 rings (SSSR count).